The summed E-state index contributed by atoms with van der Waals surface area (Å²) in [5, 5.41) is 8.27. The van der Waals surface area contributed by atoms with E-state index in [9.17, 15) is 4.79 Å². The molecule has 0 amide bonds. The number of carboxylic acids is 1. The molecule has 1 N–H and O–H groups in total. The Balaban J connectivity index is -0.000000135. The number of rotatable bonds is 6. The van der Waals surface area contributed by atoms with Crippen LogP contribution in [0, 0.1) is 0 Å². The fourth-order valence-corrected chi connectivity index (χ4v) is 0.880. The van der Waals surface area contributed by atoms with E-state index in [-0.39, 0.29) is 48.1 Å². The molecule has 0 atom stereocenters. The third-order valence-corrected chi connectivity index (χ3v) is 1.49. The molecule has 70 valence electrons. The van der Waals surface area contributed by atoms with Crippen molar-refractivity contribution in [1.29, 1.82) is 0 Å². The molecular formula is C8H19NaO2Se. The van der Waals surface area contributed by atoms with E-state index >= 15 is 0 Å². The zero-order chi connectivity index (χ0) is 7.82. The van der Waals surface area contributed by atoms with Gasteiger partial charge in [0, 0.05) is 6.42 Å². The maximum atomic E-state index is 10.0. The van der Waals surface area contributed by atoms with Gasteiger partial charge in [0.1, 0.15) is 0 Å². The second-order valence-electron chi connectivity index (χ2n) is 2.56. The van der Waals surface area contributed by atoms with Crippen molar-refractivity contribution in [3.63, 3.8) is 0 Å². The molecule has 4 heteroatoms. The predicted octanol–water partition coefficient (Wildman–Crippen LogP) is -1.37. The maximum absolute atomic E-state index is 10.0. The summed E-state index contributed by atoms with van der Waals surface area (Å²) in [6.45, 7) is 2.15. The fourth-order valence-electron chi connectivity index (χ4n) is 0.880. The molecule has 0 unspecified atom stereocenters. The Kier molecular flexibility index (Phi) is 22.6. The fraction of sp³-hybridized carbons (Fsp3) is 0.875. The van der Waals surface area contributed by atoms with Crippen LogP contribution in [0.25, 0.3) is 0 Å². The van der Waals surface area contributed by atoms with Crippen molar-refractivity contribution in [3.8, 4) is 0 Å². The van der Waals surface area contributed by atoms with Crippen LogP contribution in [-0.2, 0) is 4.79 Å². The Morgan fingerprint density at radius 3 is 2.17 bits per heavy atom. The zero-order valence-corrected chi connectivity index (χ0v) is 12.2. The van der Waals surface area contributed by atoms with Crippen molar-refractivity contribution in [1.82, 2.24) is 0 Å². The van der Waals surface area contributed by atoms with E-state index in [0.29, 0.717) is 6.42 Å². The summed E-state index contributed by atoms with van der Waals surface area (Å²) in [5.74, 6) is -0.670. The van der Waals surface area contributed by atoms with Crippen LogP contribution in [0.1, 0.15) is 46.9 Å². The zero-order valence-electron chi connectivity index (χ0n) is 9.10. The quantitative estimate of drug-likeness (QED) is 0.466. The van der Waals surface area contributed by atoms with Crippen molar-refractivity contribution in [3.05, 3.63) is 0 Å². The summed E-state index contributed by atoms with van der Waals surface area (Å²) in [6.07, 6.45) is 5.88. The first kappa shape index (κ1) is 18.7. The number of carbonyl (C=O) groups is 1. The van der Waals surface area contributed by atoms with Gasteiger partial charge in [0.05, 0.1) is 0 Å². The van der Waals surface area contributed by atoms with Gasteiger partial charge in [-0.3, -0.25) is 4.79 Å². The minimum atomic E-state index is -0.670. The average Bonchev–Trinajstić information content (AvgIpc) is 1.87. The van der Waals surface area contributed by atoms with Gasteiger partial charge >= 0.3 is 52.6 Å². The van der Waals surface area contributed by atoms with E-state index < -0.39 is 5.97 Å². The molecule has 0 saturated heterocycles. The Hall–Kier alpha value is 0.989. The summed E-state index contributed by atoms with van der Waals surface area (Å²) in [7, 11) is 0. The average molecular weight is 249 g/mol. The van der Waals surface area contributed by atoms with Gasteiger partial charge in [0.2, 0.25) is 0 Å². The van der Waals surface area contributed by atoms with Crippen molar-refractivity contribution >= 4 is 23.0 Å². The molecular weight excluding hydrogens is 230 g/mol. The SMILES string of the molecule is CCCCCCCC(=O)O.[H-].[Na+].[SeH2]. The van der Waals surface area contributed by atoms with Gasteiger partial charge in [-0.25, -0.2) is 0 Å². The van der Waals surface area contributed by atoms with Crippen LogP contribution in [0.15, 0.2) is 0 Å². The van der Waals surface area contributed by atoms with E-state index in [0.717, 1.165) is 12.8 Å². The van der Waals surface area contributed by atoms with Crippen LogP contribution >= 0.6 is 0 Å². The van der Waals surface area contributed by atoms with Crippen molar-refractivity contribution in [2.24, 2.45) is 0 Å². The second-order valence-corrected chi connectivity index (χ2v) is 2.56. The molecule has 0 radical (unpaired) electrons. The third kappa shape index (κ3) is 17.2. The molecule has 0 aromatic carbocycles. The van der Waals surface area contributed by atoms with Crippen LogP contribution in [0.3, 0.4) is 0 Å². The van der Waals surface area contributed by atoms with Crippen molar-refractivity contribution in [2.45, 2.75) is 45.4 Å². The summed E-state index contributed by atoms with van der Waals surface area (Å²) >= 11 is 0. The van der Waals surface area contributed by atoms with Crippen LogP contribution in [0.2, 0.25) is 0 Å². The standard InChI is InChI=1S/C8H16O2.Na.H2Se.H/c1-2-3-4-5-6-7-8(9)10;;;/h2-7H2,1H3,(H,9,10);;1H2;/q;+1;;-1. The molecule has 0 aromatic heterocycles. The minimum absolute atomic E-state index is 0. The molecule has 0 aliphatic rings. The molecule has 0 fully saturated rings. The molecule has 0 aliphatic heterocycles. The topological polar surface area (TPSA) is 37.3 Å². The van der Waals surface area contributed by atoms with Gasteiger partial charge in [-0.15, -0.1) is 0 Å². The molecule has 0 rings (SSSR count). The van der Waals surface area contributed by atoms with E-state index in [1.807, 2.05) is 0 Å². The Morgan fingerprint density at radius 1 is 1.25 bits per heavy atom. The first-order valence-electron chi connectivity index (χ1n) is 3.99. The third-order valence-electron chi connectivity index (χ3n) is 1.49. The molecule has 0 aliphatic carbocycles. The van der Waals surface area contributed by atoms with Gasteiger partial charge in [0.15, 0.2) is 0 Å². The molecule has 0 spiro atoms. The van der Waals surface area contributed by atoms with E-state index in [1.165, 1.54) is 19.3 Å². The van der Waals surface area contributed by atoms with Gasteiger partial charge in [-0.1, -0.05) is 32.6 Å². The second kappa shape index (κ2) is 14.5. The van der Waals surface area contributed by atoms with Gasteiger partial charge in [-0.2, -0.15) is 0 Å². The summed E-state index contributed by atoms with van der Waals surface area (Å²) < 4.78 is 0. The van der Waals surface area contributed by atoms with Crippen LogP contribution in [0.4, 0.5) is 0 Å². The number of hydrogen-bond acceptors (Lipinski definition) is 1. The Labute approximate surface area is 109 Å². The molecule has 0 bridgehead atoms. The van der Waals surface area contributed by atoms with Crippen molar-refractivity contribution in [2.75, 3.05) is 0 Å². The molecule has 12 heavy (non-hydrogen) atoms. The normalized spacial score (nSPS) is 8.08. The molecule has 2 nitrogen and oxygen atoms in total. The van der Waals surface area contributed by atoms with Gasteiger partial charge < -0.3 is 6.53 Å². The number of aliphatic carboxylic acids is 1. The van der Waals surface area contributed by atoms with E-state index in [1.54, 1.807) is 0 Å². The number of carboxylic acid groups (broad SMARTS) is 1. The Bertz CT molecular complexity index is 104. The summed E-state index contributed by atoms with van der Waals surface area (Å²) in [6, 6.07) is 0. The summed E-state index contributed by atoms with van der Waals surface area (Å²) in [4.78, 5) is 10.0. The number of hydrogen-bond donors (Lipinski definition) is 1. The monoisotopic (exact) mass is 250 g/mol. The summed E-state index contributed by atoms with van der Waals surface area (Å²) in [5.41, 5.74) is 0. The van der Waals surface area contributed by atoms with Gasteiger partial charge in [-0.05, 0) is 6.42 Å². The molecule has 0 saturated carbocycles. The van der Waals surface area contributed by atoms with Crippen molar-refractivity contribution < 1.29 is 40.9 Å². The van der Waals surface area contributed by atoms with Crippen LogP contribution in [-0.4, -0.2) is 28.1 Å². The van der Waals surface area contributed by atoms with E-state index in [4.69, 9.17) is 5.11 Å². The Morgan fingerprint density at radius 2 is 1.75 bits per heavy atom. The van der Waals surface area contributed by atoms with Crippen LogP contribution < -0.4 is 29.6 Å². The molecule has 0 heterocycles. The predicted molar refractivity (Wildman–Crippen MR) is 50.7 cm³/mol. The van der Waals surface area contributed by atoms with Crippen LogP contribution in [0.5, 0.6) is 0 Å². The van der Waals surface area contributed by atoms with Gasteiger partial charge in [0.25, 0.3) is 0 Å². The first-order chi connectivity index (χ1) is 4.77. The van der Waals surface area contributed by atoms with E-state index in [2.05, 4.69) is 6.92 Å². The first-order valence-corrected chi connectivity index (χ1v) is 3.99. The molecule has 0 aromatic rings. The number of unbranched alkanes of at least 4 members (excludes halogenated alkanes) is 4.